The molecule has 8 nitrogen and oxygen atoms in total. The van der Waals surface area contributed by atoms with Gasteiger partial charge >= 0.3 is 11.9 Å². The zero-order valence-electron chi connectivity index (χ0n) is 19.4. The molecule has 0 fully saturated rings. The molecular formula is C26H28N2O6. The highest BCUT2D eigenvalue weighted by molar-refractivity contribution is 6.06. The minimum Gasteiger partial charge on any atom is -0.465 e. The van der Waals surface area contributed by atoms with Crippen LogP contribution < -0.4 is 9.80 Å². The molecule has 2 aromatic carbocycles. The summed E-state index contributed by atoms with van der Waals surface area (Å²) in [5.41, 5.74) is 1.19. The molecule has 0 aliphatic carbocycles. The molecule has 0 unspecified atom stereocenters. The van der Waals surface area contributed by atoms with E-state index in [0.717, 1.165) is 0 Å². The maximum atomic E-state index is 13.1. The zero-order chi connectivity index (χ0) is 25.1. The molecule has 0 N–H and O–H groups in total. The summed E-state index contributed by atoms with van der Waals surface area (Å²) in [6.07, 6.45) is 2.81. The first kappa shape index (κ1) is 26.1. The molecule has 2 rings (SSSR count). The molecule has 0 spiro atoms. The number of ether oxygens (including phenoxy) is 2. The molecule has 2 amide bonds. The van der Waals surface area contributed by atoms with E-state index in [1.54, 1.807) is 48.5 Å². The average Bonchev–Trinajstić information content (AvgIpc) is 2.87. The van der Waals surface area contributed by atoms with Crippen LogP contribution in [0.3, 0.4) is 0 Å². The quantitative estimate of drug-likeness (QED) is 0.371. The Morgan fingerprint density at radius 3 is 1.38 bits per heavy atom. The van der Waals surface area contributed by atoms with Crippen LogP contribution in [0, 0.1) is 0 Å². The van der Waals surface area contributed by atoms with Crippen molar-refractivity contribution in [2.75, 3.05) is 37.1 Å². The number of esters is 2. The summed E-state index contributed by atoms with van der Waals surface area (Å²) < 4.78 is 9.64. The second kappa shape index (κ2) is 12.7. The summed E-state index contributed by atoms with van der Waals surface area (Å²) in [6, 6.07) is 13.1. The van der Waals surface area contributed by atoms with E-state index in [1.165, 1.54) is 36.2 Å². The highest BCUT2D eigenvalue weighted by atomic mass is 16.5. The molecular weight excluding hydrogens is 436 g/mol. The number of methoxy groups -OCH3 is 2. The zero-order valence-corrected chi connectivity index (χ0v) is 19.4. The molecule has 0 bridgehead atoms. The van der Waals surface area contributed by atoms with Gasteiger partial charge in [-0.2, -0.15) is 0 Å². The SMILES string of the molecule is C=CCN(C(=O)CCC(=O)N(CC=C)c1ccccc1C(=O)OC)c1ccccc1C(=O)OC. The Morgan fingerprint density at radius 2 is 1.06 bits per heavy atom. The Morgan fingerprint density at radius 1 is 0.706 bits per heavy atom. The lowest BCUT2D eigenvalue weighted by Gasteiger charge is -2.25. The van der Waals surface area contributed by atoms with E-state index in [0.29, 0.717) is 11.4 Å². The van der Waals surface area contributed by atoms with Crippen LogP contribution in [-0.4, -0.2) is 51.1 Å². The molecule has 34 heavy (non-hydrogen) atoms. The predicted molar refractivity (Wildman–Crippen MR) is 130 cm³/mol. The van der Waals surface area contributed by atoms with Gasteiger partial charge < -0.3 is 19.3 Å². The summed E-state index contributed by atoms with van der Waals surface area (Å²) in [4.78, 5) is 53.3. The van der Waals surface area contributed by atoms with E-state index in [1.807, 2.05) is 0 Å². The lowest BCUT2D eigenvalue weighted by Crippen LogP contribution is -2.36. The third-order valence-electron chi connectivity index (χ3n) is 4.98. The second-order valence-corrected chi connectivity index (χ2v) is 7.10. The molecule has 178 valence electrons. The van der Waals surface area contributed by atoms with Gasteiger partial charge in [-0.05, 0) is 24.3 Å². The number of rotatable bonds is 11. The summed E-state index contributed by atoms with van der Waals surface area (Å²) in [7, 11) is 2.52. The van der Waals surface area contributed by atoms with E-state index < -0.39 is 11.9 Å². The Labute approximate surface area is 199 Å². The lowest BCUT2D eigenvalue weighted by molar-refractivity contribution is -0.123. The van der Waals surface area contributed by atoms with Crippen molar-refractivity contribution in [3.63, 3.8) is 0 Å². The Balaban J connectivity index is 2.27. The number of amides is 2. The molecule has 0 aliphatic rings. The first-order chi connectivity index (χ1) is 16.4. The van der Waals surface area contributed by atoms with E-state index in [-0.39, 0.29) is 48.9 Å². The molecule has 0 aliphatic heterocycles. The van der Waals surface area contributed by atoms with Gasteiger partial charge in [0.25, 0.3) is 0 Å². The average molecular weight is 465 g/mol. The Bertz CT molecular complexity index is 993. The lowest BCUT2D eigenvalue weighted by atomic mass is 10.1. The molecule has 0 saturated heterocycles. The van der Waals surface area contributed by atoms with Gasteiger partial charge in [0.1, 0.15) is 0 Å². The van der Waals surface area contributed by atoms with Gasteiger partial charge in [0.2, 0.25) is 11.8 Å². The van der Waals surface area contributed by atoms with Gasteiger partial charge in [-0.1, -0.05) is 36.4 Å². The number of nitrogens with zero attached hydrogens (tertiary/aromatic N) is 2. The minimum atomic E-state index is -0.579. The number of hydrogen-bond donors (Lipinski definition) is 0. The van der Waals surface area contributed by atoms with Crippen molar-refractivity contribution in [2.45, 2.75) is 12.8 Å². The standard InChI is InChI=1S/C26H28N2O6/c1-5-17-27(21-13-9-7-11-19(21)25(31)33-3)23(29)15-16-24(30)28(18-6-2)22-14-10-8-12-20(22)26(32)34-4/h5-14H,1-2,15-18H2,3-4H3. The Kier molecular flexibility index (Phi) is 9.76. The highest BCUT2D eigenvalue weighted by Crippen LogP contribution is 2.25. The summed E-state index contributed by atoms with van der Waals surface area (Å²) in [5.74, 6) is -1.90. The van der Waals surface area contributed by atoms with Gasteiger partial charge in [0.15, 0.2) is 0 Å². The van der Waals surface area contributed by atoms with Gasteiger partial charge in [0, 0.05) is 25.9 Å². The van der Waals surface area contributed by atoms with Crippen LogP contribution in [0.4, 0.5) is 11.4 Å². The molecule has 2 aromatic rings. The van der Waals surface area contributed by atoms with E-state index in [9.17, 15) is 19.2 Å². The van der Waals surface area contributed by atoms with Crippen LogP contribution in [0.2, 0.25) is 0 Å². The monoisotopic (exact) mass is 464 g/mol. The van der Waals surface area contributed by atoms with Gasteiger partial charge in [-0.15, -0.1) is 13.2 Å². The smallest absolute Gasteiger partial charge is 0.339 e. The molecule has 0 radical (unpaired) electrons. The summed E-state index contributed by atoms with van der Waals surface area (Å²) in [5, 5.41) is 0. The van der Waals surface area contributed by atoms with Crippen molar-refractivity contribution in [3.8, 4) is 0 Å². The van der Waals surface area contributed by atoms with E-state index in [4.69, 9.17) is 9.47 Å². The highest BCUT2D eigenvalue weighted by Gasteiger charge is 2.25. The van der Waals surface area contributed by atoms with Crippen molar-refractivity contribution in [1.29, 1.82) is 0 Å². The summed E-state index contributed by atoms with van der Waals surface area (Å²) >= 11 is 0. The molecule has 8 heteroatoms. The van der Waals surface area contributed by atoms with Crippen molar-refractivity contribution < 1.29 is 28.7 Å². The number of anilines is 2. The van der Waals surface area contributed by atoms with Crippen LogP contribution in [0.25, 0.3) is 0 Å². The van der Waals surface area contributed by atoms with Crippen LogP contribution in [0.15, 0.2) is 73.8 Å². The van der Waals surface area contributed by atoms with Gasteiger partial charge in [-0.3, -0.25) is 9.59 Å². The fourth-order valence-electron chi connectivity index (χ4n) is 3.39. The van der Waals surface area contributed by atoms with Gasteiger partial charge in [0.05, 0.1) is 36.7 Å². The van der Waals surface area contributed by atoms with Crippen LogP contribution >= 0.6 is 0 Å². The van der Waals surface area contributed by atoms with E-state index in [2.05, 4.69) is 13.2 Å². The van der Waals surface area contributed by atoms with Crippen LogP contribution in [0.5, 0.6) is 0 Å². The van der Waals surface area contributed by atoms with Crippen molar-refractivity contribution in [3.05, 3.63) is 85.0 Å². The van der Waals surface area contributed by atoms with Crippen molar-refractivity contribution >= 4 is 35.1 Å². The molecule has 0 saturated carbocycles. The van der Waals surface area contributed by atoms with Crippen molar-refractivity contribution in [1.82, 2.24) is 0 Å². The largest absolute Gasteiger partial charge is 0.465 e. The van der Waals surface area contributed by atoms with Crippen molar-refractivity contribution in [2.24, 2.45) is 0 Å². The maximum absolute atomic E-state index is 13.1. The first-order valence-corrected chi connectivity index (χ1v) is 10.6. The maximum Gasteiger partial charge on any atom is 0.339 e. The third-order valence-corrected chi connectivity index (χ3v) is 4.98. The van der Waals surface area contributed by atoms with Crippen LogP contribution in [0.1, 0.15) is 33.6 Å². The summed E-state index contributed by atoms with van der Waals surface area (Å²) in [6.45, 7) is 7.65. The first-order valence-electron chi connectivity index (χ1n) is 10.6. The number of carbonyl (C=O) groups excluding carboxylic acids is 4. The molecule has 0 aromatic heterocycles. The normalized spacial score (nSPS) is 10.1. The number of para-hydroxylation sites is 2. The minimum absolute atomic E-state index is 0.129. The second-order valence-electron chi connectivity index (χ2n) is 7.10. The number of benzene rings is 2. The van der Waals surface area contributed by atoms with Crippen LogP contribution in [-0.2, 0) is 19.1 Å². The molecule has 0 atom stereocenters. The fourth-order valence-corrected chi connectivity index (χ4v) is 3.39. The predicted octanol–water partition coefficient (Wildman–Crippen LogP) is 3.78. The fraction of sp³-hybridized carbons (Fsp3) is 0.231. The molecule has 0 heterocycles. The third kappa shape index (κ3) is 6.19. The number of hydrogen-bond acceptors (Lipinski definition) is 6. The number of carbonyl (C=O) groups is 4. The van der Waals surface area contributed by atoms with Gasteiger partial charge in [-0.25, -0.2) is 9.59 Å². The topological polar surface area (TPSA) is 93.2 Å². The Hall–Kier alpha value is -4.20. The van der Waals surface area contributed by atoms with E-state index >= 15 is 0 Å².